The molecule has 1 unspecified atom stereocenters. The van der Waals surface area contributed by atoms with E-state index < -0.39 is 40.2 Å². The molecule has 0 aliphatic heterocycles. The van der Waals surface area contributed by atoms with E-state index in [1.54, 1.807) is 0 Å². The molecule has 1 atom stereocenters. The number of sulfonamides is 1. The van der Waals surface area contributed by atoms with E-state index in [-0.39, 0.29) is 10.6 Å². The molecule has 0 radical (unpaired) electrons. The number of carbonyl (C=O) groups excluding carboxylic acids is 1. The SMILES string of the molecule is CN(C)S(=O)(=O)c1cc(C(=O)NC(CC(=O)O)c2ccc(F)cc2)n(C)c1. The van der Waals surface area contributed by atoms with Crippen molar-refractivity contribution in [1.82, 2.24) is 14.2 Å². The number of hydrogen-bond donors (Lipinski definition) is 2. The number of aromatic nitrogens is 1. The van der Waals surface area contributed by atoms with Gasteiger partial charge < -0.3 is 15.0 Å². The third-order valence-electron chi connectivity index (χ3n) is 3.95. The molecule has 10 heteroatoms. The lowest BCUT2D eigenvalue weighted by atomic mass is 10.0. The molecule has 2 rings (SSSR count). The van der Waals surface area contributed by atoms with E-state index in [2.05, 4.69) is 5.32 Å². The van der Waals surface area contributed by atoms with Crippen LogP contribution < -0.4 is 5.32 Å². The lowest BCUT2D eigenvalue weighted by Crippen LogP contribution is -2.31. The highest BCUT2D eigenvalue weighted by Crippen LogP contribution is 2.20. The second-order valence-electron chi connectivity index (χ2n) is 6.13. The molecule has 1 aromatic heterocycles. The van der Waals surface area contributed by atoms with E-state index in [1.165, 1.54) is 62.2 Å². The fourth-order valence-corrected chi connectivity index (χ4v) is 3.44. The van der Waals surface area contributed by atoms with Crippen LogP contribution in [0.4, 0.5) is 4.39 Å². The summed E-state index contributed by atoms with van der Waals surface area (Å²) in [7, 11) is 0.537. The van der Waals surface area contributed by atoms with E-state index in [0.29, 0.717) is 5.56 Å². The van der Waals surface area contributed by atoms with Crippen molar-refractivity contribution >= 4 is 21.9 Å². The Labute approximate surface area is 156 Å². The van der Waals surface area contributed by atoms with Gasteiger partial charge in [-0.1, -0.05) is 12.1 Å². The number of aliphatic carboxylic acids is 1. The minimum absolute atomic E-state index is 0.0490. The molecule has 0 aliphatic carbocycles. The summed E-state index contributed by atoms with van der Waals surface area (Å²) in [6, 6.07) is 5.42. The molecule has 0 bridgehead atoms. The number of rotatable bonds is 7. The maximum Gasteiger partial charge on any atom is 0.305 e. The Morgan fingerprint density at radius 2 is 1.85 bits per heavy atom. The molecule has 1 aromatic carbocycles. The normalized spacial score (nSPS) is 12.8. The van der Waals surface area contributed by atoms with Gasteiger partial charge in [0.1, 0.15) is 16.4 Å². The van der Waals surface area contributed by atoms with Gasteiger partial charge in [0, 0.05) is 27.3 Å². The fourth-order valence-electron chi connectivity index (χ4n) is 2.47. The van der Waals surface area contributed by atoms with Gasteiger partial charge >= 0.3 is 5.97 Å². The van der Waals surface area contributed by atoms with Crippen molar-refractivity contribution in [2.45, 2.75) is 17.4 Å². The third kappa shape index (κ3) is 4.72. The van der Waals surface area contributed by atoms with Crippen LogP contribution in [0, 0.1) is 5.82 Å². The molecule has 0 aliphatic rings. The van der Waals surface area contributed by atoms with Crippen molar-refractivity contribution < 1.29 is 27.5 Å². The minimum atomic E-state index is -3.72. The second kappa shape index (κ2) is 7.89. The first-order valence-corrected chi connectivity index (χ1v) is 9.33. The molecule has 8 nitrogen and oxygen atoms in total. The van der Waals surface area contributed by atoms with Crippen molar-refractivity contribution in [2.24, 2.45) is 7.05 Å². The van der Waals surface area contributed by atoms with Crippen LogP contribution in [0.5, 0.6) is 0 Å². The number of carboxylic acids is 1. The minimum Gasteiger partial charge on any atom is -0.481 e. The molecule has 27 heavy (non-hydrogen) atoms. The average Bonchev–Trinajstić information content (AvgIpc) is 2.97. The van der Waals surface area contributed by atoms with Crippen molar-refractivity contribution in [3.8, 4) is 0 Å². The standard InChI is InChI=1S/C17H20FN3O5S/c1-20(2)27(25,26)13-8-15(21(3)10-13)17(24)19-14(9-16(22)23)11-4-6-12(18)7-5-11/h4-8,10,14H,9H2,1-3H3,(H,19,24)(H,22,23). The zero-order chi connectivity index (χ0) is 20.4. The molecular formula is C17H20FN3O5S. The van der Waals surface area contributed by atoms with E-state index in [1.807, 2.05) is 0 Å². The molecule has 0 spiro atoms. The van der Waals surface area contributed by atoms with Crippen molar-refractivity contribution in [3.05, 3.63) is 53.6 Å². The molecule has 2 aromatic rings. The number of carboxylic acid groups (broad SMARTS) is 1. The molecule has 2 N–H and O–H groups in total. The molecule has 146 valence electrons. The van der Waals surface area contributed by atoms with E-state index in [9.17, 15) is 22.4 Å². The quantitative estimate of drug-likeness (QED) is 0.733. The van der Waals surface area contributed by atoms with Crippen LogP contribution in [-0.2, 0) is 21.9 Å². The molecule has 0 fully saturated rings. The second-order valence-corrected chi connectivity index (χ2v) is 8.29. The number of hydrogen-bond acceptors (Lipinski definition) is 4. The molecule has 0 saturated heterocycles. The van der Waals surface area contributed by atoms with E-state index in [4.69, 9.17) is 5.11 Å². The van der Waals surface area contributed by atoms with Gasteiger partial charge in [0.05, 0.1) is 12.5 Å². The first-order valence-electron chi connectivity index (χ1n) is 7.89. The molecule has 0 saturated carbocycles. The fraction of sp³-hybridized carbons (Fsp3) is 0.294. The summed E-state index contributed by atoms with van der Waals surface area (Å²) in [5.74, 6) is -2.28. The highest BCUT2D eigenvalue weighted by molar-refractivity contribution is 7.89. The van der Waals surface area contributed by atoms with E-state index >= 15 is 0 Å². The summed E-state index contributed by atoms with van der Waals surface area (Å²) < 4.78 is 39.9. The zero-order valence-electron chi connectivity index (χ0n) is 15.0. The Balaban J connectivity index is 2.31. The topological polar surface area (TPSA) is 109 Å². The third-order valence-corrected chi connectivity index (χ3v) is 5.73. The van der Waals surface area contributed by atoms with Gasteiger partial charge in [0.25, 0.3) is 5.91 Å². The van der Waals surface area contributed by atoms with Crippen molar-refractivity contribution in [3.63, 3.8) is 0 Å². The van der Waals surface area contributed by atoms with Gasteiger partial charge in [-0.05, 0) is 23.8 Å². The van der Waals surface area contributed by atoms with Crippen LogP contribution in [0.15, 0.2) is 41.4 Å². The summed E-state index contributed by atoms with van der Waals surface area (Å²) in [6.07, 6.45) is 0.888. The Morgan fingerprint density at radius 3 is 2.37 bits per heavy atom. The first-order chi connectivity index (χ1) is 12.5. The van der Waals surface area contributed by atoms with Crippen LogP contribution in [-0.4, -0.2) is 48.4 Å². The Hall–Kier alpha value is -2.72. The summed E-state index contributed by atoms with van der Waals surface area (Å²) in [5, 5.41) is 11.7. The number of amides is 1. The summed E-state index contributed by atoms with van der Waals surface area (Å²) in [4.78, 5) is 23.7. The van der Waals surface area contributed by atoms with Gasteiger partial charge in [0.15, 0.2) is 0 Å². The van der Waals surface area contributed by atoms with Crippen LogP contribution in [0.2, 0.25) is 0 Å². The maximum atomic E-state index is 13.1. The van der Waals surface area contributed by atoms with Crippen molar-refractivity contribution in [2.75, 3.05) is 14.1 Å². The Morgan fingerprint density at radius 1 is 1.26 bits per heavy atom. The number of halogens is 1. The molecule has 1 heterocycles. The van der Waals surface area contributed by atoms with Crippen LogP contribution >= 0.6 is 0 Å². The van der Waals surface area contributed by atoms with Crippen LogP contribution in [0.1, 0.15) is 28.5 Å². The van der Waals surface area contributed by atoms with Crippen LogP contribution in [0.3, 0.4) is 0 Å². The zero-order valence-corrected chi connectivity index (χ0v) is 15.8. The number of nitrogens with zero attached hydrogens (tertiary/aromatic N) is 2. The van der Waals surface area contributed by atoms with Gasteiger partial charge in [-0.25, -0.2) is 17.1 Å². The van der Waals surface area contributed by atoms with Gasteiger partial charge in [-0.3, -0.25) is 9.59 Å². The van der Waals surface area contributed by atoms with Crippen LogP contribution in [0.25, 0.3) is 0 Å². The maximum absolute atomic E-state index is 13.1. The molecule has 1 amide bonds. The summed E-state index contributed by atoms with van der Waals surface area (Å²) in [5.41, 5.74) is 0.468. The monoisotopic (exact) mass is 397 g/mol. The van der Waals surface area contributed by atoms with Gasteiger partial charge in [-0.15, -0.1) is 0 Å². The highest BCUT2D eigenvalue weighted by Gasteiger charge is 2.25. The highest BCUT2D eigenvalue weighted by atomic mass is 32.2. The number of aryl methyl sites for hydroxylation is 1. The lowest BCUT2D eigenvalue weighted by molar-refractivity contribution is -0.137. The smallest absolute Gasteiger partial charge is 0.305 e. The predicted octanol–water partition coefficient (Wildman–Crippen LogP) is 1.36. The number of carbonyl (C=O) groups is 2. The summed E-state index contributed by atoms with van der Waals surface area (Å²) in [6.45, 7) is 0. The van der Waals surface area contributed by atoms with E-state index in [0.717, 1.165) is 4.31 Å². The lowest BCUT2D eigenvalue weighted by Gasteiger charge is -2.17. The molecular weight excluding hydrogens is 377 g/mol. The Bertz CT molecular complexity index is 951. The number of nitrogens with one attached hydrogen (secondary N) is 1. The first kappa shape index (κ1) is 20.6. The van der Waals surface area contributed by atoms with Crippen molar-refractivity contribution in [1.29, 1.82) is 0 Å². The number of benzene rings is 1. The largest absolute Gasteiger partial charge is 0.481 e. The van der Waals surface area contributed by atoms with Gasteiger partial charge in [0.2, 0.25) is 10.0 Å². The summed E-state index contributed by atoms with van der Waals surface area (Å²) >= 11 is 0. The predicted molar refractivity (Wildman–Crippen MR) is 95.1 cm³/mol. The average molecular weight is 397 g/mol. The van der Waals surface area contributed by atoms with Gasteiger partial charge in [-0.2, -0.15) is 0 Å². The Kier molecular flexibility index (Phi) is 6.01.